The van der Waals surface area contributed by atoms with Crippen molar-refractivity contribution in [1.29, 1.82) is 0 Å². The second-order valence-electron chi connectivity index (χ2n) is 4.62. The Bertz CT molecular complexity index is 83.7. The van der Waals surface area contributed by atoms with Gasteiger partial charge in [-0.05, 0) is 0 Å². The van der Waals surface area contributed by atoms with Gasteiger partial charge in [0, 0.05) is 0 Å². The first kappa shape index (κ1) is 19.4. The third-order valence-electron chi connectivity index (χ3n) is 0.750. The van der Waals surface area contributed by atoms with Crippen LogP contribution in [-0.2, 0) is 0 Å². The molecule has 0 rings (SSSR count). The SMILES string of the molecule is C[Si](C)(C)P[Si](C)(C)C.[Na+].[Na+]. The predicted molar refractivity (Wildman–Crippen MR) is 55.0 cm³/mol. The van der Waals surface area contributed by atoms with E-state index in [2.05, 4.69) is 39.3 Å². The molecular formula is C6H19Na2PSi2+2. The Kier molecular flexibility index (Phi) is 12.7. The minimum absolute atomic E-state index is 0. The zero-order valence-electron chi connectivity index (χ0n) is 9.50. The van der Waals surface area contributed by atoms with Crippen LogP contribution in [-0.4, -0.2) is 15.5 Å². The Morgan fingerprint density at radius 2 is 0.818 bits per heavy atom. The molecule has 0 aliphatic rings. The van der Waals surface area contributed by atoms with Crippen molar-refractivity contribution in [3.63, 3.8) is 0 Å². The summed E-state index contributed by atoms with van der Waals surface area (Å²) in [6, 6.07) is 0. The molecule has 0 unspecified atom stereocenters. The van der Waals surface area contributed by atoms with E-state index in [-0.39, 0.29) is 59.1 Å². The summed E-state index contributed by atoms with van der Waals surface area (Å²) in [5, 5.41) is 0. The van der Waals surface area contributed by atoms with Gasteiger partial charge in [-0.1, -0.05) is 39.3 Å². The predicted octanol–water partition coefficient (Wildman–Crippen LogP) is -2.66. The van der Waals surface area contributed by atoms with E-state index in [1.807, 2.05) is 0 Å². The molecule has 0 saturated heterocycles. The standard InChI is InChI=1S/C6H19PSi2.2Na/c1-8(2,3)7-9(4,5)6;;/h7H,1-6H3;;/q;2*+1. The molecule has 0 aromatic carbocycles. The fraction of sp³-hybridized carbons (Fsp3) is 1.00. The smallest absolute Gasteiger partial charge is 0.145 e. The van der Waals surface area contributed by atoms with Gasteiger partial charge in [0.2, 0.25) is 0 Å². The Labute approximate surface area is 120 Å². The van der Waals surface area contributed by atoms with Gasteiger partial charge in [-0.2, -0.15) is 0 Å². The minimum atomic E-state index is -0.703. The minimum Gasteiger partial charge on any atom is -0.145 e. The van der Waals surface area contributed by atoms with Crippen molar-refractivity contribution in [3.05, 3.63) is 0 Å². The molecule has 0 aromatic rings. The largest absolute Gasteiger partial charge is 1.00 e. The molecule has 5 heteroatoms. The molecule has 0 atom stereocenters. The molecule has 0 aliphatic carbocycles. The van der Waals surface area contributed by atoms with Gasteiger partial charge >= 0.3 is 59.1 Å². The van der Waals surface area contributed by atoms with Gasteiger partial charge in [0.05, 0.1) is 15.5 Å². The molecule has 11 heavy (non-hydrogen) atoms. The number of hydrogen-bond acceptors (Lipinski definition) is 0. The molecule has 0 N–H and O–H groups in total. The molecule has 0 aliphatic heterocycles. The van der Waals surface area contributed by atoms with Gasteiger partial charge in [0.15, 0.2) is 0 Å². The van der Waals surface area contributed by atoms with Crippen LogP contribution in [0.25, 0.3) is 0 Å². The van der Waals surface area contributed by atoms with E-state index < -0.39 is 15.5 Å². The van der Waals surface area contributed by atoms with E-state index in [1.165, 1.54) is 7.68 Å². The molecule has 0 aromatic heterocycles. The van der Waals surface area contributed by atoms with Crippen molar-refractivity contribution in [2.24, 2.45) is 0 Å². The molecule has 0 radical (unpaired) electrons. The monoisotopic (exact) mass is 224 g/mol. The van der Waals surface area contributed by atoms with Gasteiger partial charge in [0.25, 0.3) is 0 Å². The van der Waals surface area contributed by atoms with Crippen LogP contribution < -0.4 is 59.1 Å². The van der Waals surface area contributed by atoms with E-state index >= 15 is 0 Å². The molecule has 0 spiro atoms. The van der Waals surface area contributed by atoms with Crippen LogP contribution in [0.5, 0.6) is 0 Å². The van der Waals surface area contributed by atoms with E-state index in [1.54, 1.807) is 0 Å². The van der Waals surface area contributed by atoms with Gasteiger partial charge in [0.1, 0.15) is 0 Å². The average molecular weight is 224 g/mol. The first-order valence-electron chi connectivity index (χ1n) is 3.50. The van der Waals surface area contributed by atoms with Crippen molar-refractivity contribution in [3.8, 4) is 0 Å². The fourth-order valence-corrected chi connectivity index (χ4v) is 30.4. The summed E-state index contributed by atoms with van der Waals surface area (Å²) in [4.78, 5) is 0. The van der Waals surface area contributed by atoms with Crippen LogP contribution in [0.1, 0.15) is 0 Å². The summed E-state index contributed by atoms with van der Waals surface area (Å²) in [6.45, 7) is 14.9. The van der Waals surface area contributed by atoms with Crippen molar-refractivity contribution in [2.75, 3.05) is 0 Å². The Hall–Kier alpha value is 2.86. The summed E-state index contributed by atoms with van der Waals surface area (Å²) in [5.41, 5.74) is 0. The van der Waals surface area contributed by atoms with Crippen molar-refractivity contribution < 1.29 is 59.1 Å². The van der Waals surface area contributed by atoms with Crippen LogP contribution in [0.2, 0.25) is 39.3 Å². The Balaban J connectivity index is -0.000000320. The summed E-state index contributed by atoms with van der Waals surface area (Å²) < 4.78 is 0. The maximum absolute atomic E-state index is 2.48. The second kappa shape index (κ2) is 7.19. The van der Waals surface area contributed by atoms with Crippen LogP contribution in [0.15, 0.2) is 0 Å². The third kappa shape index (κ3) is 19.3. The Morgan fingerprint density at radius 3 is 0.818 bits per heavy atom. The summed E-state index contributed by atoms with van der Waals surface area (Å²) in [6.07, 6.45) is 0. The molecule has 0 amide bonds. The maximum Gasteiger partial charge on any atom is 1.00 e. The van der Waals surface area contributed by atoms with Gasteiger partial charge in [-0.15, -0.1) is 7.68 Å². The molecule has 0 saturated carbocycles. The van der Waals surface area contributed by atoms with Gasteiger partial charge < -0.3 is 0 Å². The van der Waals surface area contributed by atoms with E-state index in [9.17, 15) is 0 Å². The maximum atomic E-state index is 2.48. The zero-order chi connectivity index (χ0) is 7.71. The first-order chi connectivity index (χ1) is 3.71. The number of rotatable bonds is 2. The Morgan fingerprint density at radius 1 is 0.636 bits per heavy atom. The van der Waals surface area contributed by atoms with Gasteiger partial charge in [-0.3, -0.25) is 0 Å². The van der Waals surface area contributed by atoms with Crippen LogP contribution in [0, 0.1) is 0 Å². The molecule has 0 bridgehead atoms. The summed E-state index contributed by atoms with van der Waals surface area (Å²) in [7, 11) is -0.0775. The first-order valence-corrected chi connectivity index (χ1v) is 13.5. The fourth-order valence-electron chi connectivity index (χ4n) is 1.12. The third-order valence-corrected chi connectivity index (χ3v) is 20.2. The summed E-state index contributed by atoms with van der Waals surface area (Å²) >= 11 is 0. The van der Waals surface area contributed by atoms with Crippen LogP contribution in [0.3, 0.4) is 0 Å². The topological polar surface area (TPSA) is 0 Å². The van der Waals surface area contributed by atoms with Gasteiger partial charge in [-0.25, -0.2) is 0 Å². The number of hydrogen-bond donors (Lipinski definition) is 0. The molecule has 56 valence electrons. The van der Waals surface area contributed by atoms with E-state index in [0.717, 1.165) is 0 Å². The zero-order valence-corrected chi connectivity index (χ0v) is 16.5. The van der Waals surface area contributed by atoms with Crippen molar-refractivity contribution in [2.45, 2.75) is 39.3 Å². The molecular weight excluding hydrogens is 205 g/mol. The van der Waals surface area contributed by atoms with Crippen molar-refractivity contribution in [1.82, 2.24) is 0 Å². The normalized spacial score (nSPS) is 11.5. The molecule has 0 nitrogen and oxygen atoms in total. The average Bonchev–Trinajstić information content (AvgIpc) is 1.14. The van der Waals surface area contributed by atoms with Crippen LogP contribution in [0.4, 0.5) is 0 Å². The van der Waals surface area contributed by atoms with Crippen molar-refractivity contribution >= 4 is 23.2 Å². The van der Waals surface area contributed by atoms with E-state index in [0.29, 0.717) is 0 Å². The van der Waals surface area contributed by atoms with Crippen LogP contribution >= 0.6 is 7.68 Å². The molecule has 0 heterocycles. The molecule has 0 fully saturated rings. The quantitative estimate of drug-likeness (QED) is 0.355. The summed E-state index contributed by atoms with van der Waals surface area (Å²) in [5.74, 6) is 0. The van der Waals surface area contributed by atoms with E-state index in [4.69, 9.17) is 0 Å². The second-order valence-corrected chi connectivity index (χ2v) is 25.9.